The van der Waals surface area contributed by atoms with Crippen molar-refractivity contribution in [2.75, 3.05) is 6.61 Å². The molecule has 0 aliphatic rings. The van der Waals surface area contributed by atoms with Crippen LogP contribution in [0.1, 0.15) is 23.1 Å². The van der Waals surface area contributed by atoms with Crippen molar-refractivity contribution in [3.8, 4) is 11.4 Å². The summed E-state index contributed by atoms with van der Waals surface area (Å²) < 4.78 is 44.1. The first-order valence-electron chi connectivity index (χ1n) is 6.08. The Morgan fingerprint density at radius 2 is 2.10 bits per heavy atom. The second kappa shape index (κ2) is 5.55. The van der Waals surface area contributed by atoms with Gasteiger partial charge >= 0.3 is 12.1 Å². The summed E-state index contributed by atoms with van der Waals surface area (Å²) in [4.78, 5) is 15.5. The Morgan fingerprint density at radius 1 is 1.38 bits per heavy atom. The smallest absolute Gasteiger partial charge is 0.416 e. The Balaban J connectivity index is 2.41. The first kappa shape index (κ1) is 15.0. The Morgan fingerprint density at radius 3 is 2.71 bits per heavy atom. The van der Waals surface area contributed by atoms with E-state index < -0.39 is 17.7 Å². The molecule has 5 nitrogen and oxygen atoms in total. The lowest BCUT2D eigenvalue weighted by atomic mass is 10.1. The van der Waals surface area contributed by atoms with Gasteiger partial charge in [-0.15, -0.1) is 5.10 Å². The van der Waals surface area contributed by atoms with Crippen LogP contribution in [0.3, 0.4) is 0 Å². The van der Waals surface area contributed by atoms with E-state index in [1.165, 1.54) is 23.9 Å². The summed E-state index contributed by atoms with van der Waals surface area (Å²) in [5.41, 5.74) is -0.573. The Labute approximate surface area is 118 Å². The van der Waals surface area contributed by atoms with E-state index in [4.69, 9.17) is 4.74 Å². The average molecular weight is 299 g/mol. The van der Waals surface area contributed by atoms with E-state index in [9.17, 15) is 18.0 Å². The number of esters is 1. The van der Waals surface area contributed by atoms with Gasteiger partial charge in [0.25, 0.3) is 5.82 Å². The third kappa shape index (κ3) is 3.21. The molecule has 21 heavy (non-hydrogen) atoms. The maximum Gasteiger partial charge on any atom is 0.416 e. The fourth-order valence-corrected chi connectivity index (χ4v) is 1.75. The van der Waals surface area contributed by atoms with Crippen molar-refractivity contribution in [2.24, 2.45) is 7.05 Å². The molecule has 0 aliphatic carbocycles. The minimum Gasteiger partial charge on any atom is -0.460 e. The molecule has 0 saturated carbocycles. The number of hydrogen-bond acceptors (Lipinski definition) is 4. The number of aromatic nitrogens is 3. The number of carbonyl (C=O) groups is 1. The molecule has 0 fully saturated rings. The molecular weight excluding hydrogens is 287 g/mol. The summed E-state index contributed by atoms with van der Waals surface area (Å²) in [5.74, 6) is -0.748. The second-order valence-electron chi connectivity index (χ2n) is 4.18. The summed E-state index contributed by atoms with van der Waals surface area (Å²) in [6.45, 7) is 1.80. The normalized spacial score (nSPS) is 11.5. The predicted octanol–water partition coefficient (Wildman–Crippen LogP) is 2.68. The predicted molar refractivity (Wildman–Crippen MR) is 67.4 cm³/mol. The van der Waals surface area contributed by atoms with Crippen molar-refractivity contribution in [1.29, 1.82) is 0 Å². The van der Waals surface area contributed by atoms with Crippen molar-refractivity contribution in [1.82, 2.24) is 14.8 Å². The lowest BCUT2D eigenvalue weighted by Crippen LogP contribution is -2.07. The summed E-state index contributed by atoms with van der Waals surface area (Å²) in [6.07, 6.45) is -4.45. The molecule has 2 rings (SSSR count). The molecular formula is C13H12F3N3O2. The molecule has 1 aromatic carbocycles. The fraction of sp³-hybridized carbons (Fsp3) is 0.308. The Bertz CT molecular complexity index is 665. The lowest BCUT2D eigenvalue weighted by Gasteiger charge is -2.07. The highest BCUT2D eigenvalue weighted by atomic mass is 19.4. The number of ether oxygens (including phenoxy) is 1. The Kier molecular flexibility index (Phi) is 3.97. The molecule has 0 amide bonds. The van der Waals surface area contributed by atoms with E-state index in [0.29, 0.717) is 0 Å². The monoisotopic (exact) mass is 299 g/mol. The molecule has 0 bridgehead atoms. The molecule has 0 unspecified atom stereocenters. The number of aryl methyl sites for hydroxylation is 1. The van der Waals surface area contributed by atoms with Crippen LogP contribution in [-0.4, -0.2) is 27.3 Å². The maximum atomic E-state index is 12.7. The largest absolute Gasteiger partial charge is 0.460 e. The van der Waals surface area contributed by atoms with Gasteiger partial charge in [0.1, 0.15) is 0 Å². The number of rotatable bonds is 3. The zero-order chi connectivity index (χ0) is 15.6. The van der Waals surface area contributed by atoms with Crippen LogP contribution in [0, 0.1) is 0 Å². The molecule has 0 N–H and O–H groups in total. The van der Waals surface area contributed by atoms with Gasteiger partial charge in [0.15, 0.2) is 5.82 Å². The summed E-state index contributed by atoms with van der Waals surface area (Å²) in [6, 6.07) is 4.66. The summed E-state index contributed by atoms with van der Waals surface area (Å²) in [7, 11) is 1.49. The van der Waals surface area contributed by atoms with Crippen LogP contribution in [0.2, 0.25) is 0 Å². The number of alkyl halides is 3. The lowest BCUT2D eigenvalue weighted by molar-refractivity contribution is -0.137. The van der Waals surface area contributed by atoms with Gasteiger partial charge in [-0.05, 0) is 19.1 Å². The van der Waals surface area contributed by atoms with Gasteiger partial charge in [0, 0.05) is 12.6 Å². The summed E-state index contributed by atoms with van der Waals surface area (Å²) >= 11 is 0. The van der Waals surface area contributed by atoms with Crippen LogP contribution in [0.15, 0.2) is 24.3 Å². The molecule has 1 heterocycles. The maximum absolute atomic E-state index is 12.7. The third-order valence-electron chi connectivity index (χ3n) is 2.67. The number of carbonyl (C=O) groups excluding carboxylic acids is 1. The zero-order valence-electron chi connectivity index (χ0n) is 11.3. The first-order chi connectivity index (χ1) is 9.82. The zero-order valence-corrected chi connectivity index (χ0v) is 11.3. The highest BCUT2D eigenvalue weighted by Crippen LogP contribution is 2.31. The van der Waals surface area contributed by atoms with Gasteiger partial charge in [0.05, 0.1) is 12.2 Å². The van der Waals surface area contributed by atoms with E-state index in [0.717, 1.165) is 12.1 Å². The number of nitrogens with zero attached hydrogens (tertiary/aromatic N) is 3. The molecule has 8 heteroatoms. The Hall–Kier alpha value is -2.38. The highest BCUT2D eigenvalue weighted by Gasteiger charge is 2.31. The van der Waals surface area contributed by atoms with Crippen molar-refractivity contribution in [3.63, 3.8) is 0 Å². The number of benzene rings is 1. The van der Waals surface area contributed by atoms with E-state index in [-0.39, 0.29) is 23.8 Å². The molecule has 0 radical (unpaired) electrons. The standard InChI is InChI=1S/C13H12F3N3O2/c1-3-21-12(20)10-17-11(19(2)18-10)8-5-4-6-9(7-8)13(14,15)16/h4-7H,3H2,1-2H3. The van der Waals surface area contributed by atoms with Crippen LogP contribution in [0.5, 0.6) is 0 Å². The number of halogens is 3. The SMILES string of the molecule is CCOC(=O)c1nc(-c2cccc(C(F)(F)F)c2)n(C)n1. The van der Waals surface area contributed by atoms with Crippen LogP contribution < -0.4 is 0 Å². The van der Waals surface area contributed by atoms with Gasteiger partial charge in [0.2, 0.25) is 0 Å². The van der Waals surface area contributed by atoms with Crippen molar-refractivity contribution in [2.45, 2.75) is 13.1 Å². The molecule has 1 aromatic heterocycles. The average Bonchev–Trinajstić information content (AvgIpc) is 2.80. The highest BCUT2D eigenvalue weighted by molar-refractivity contribution is 5.85. The van der Waals surface area contributed by atoms with E-state index in [1.54, 1.807) is 6.92 Å². The first-order valence-corrected chi connectivity index (χ1v) is 6.08. The van der Waals surface area contributed by atoms with Crippen LogP contribution in [0.4, 0.5) is 13.2 Å². The quantitative estimate of drug-likeness (QED) is 0.818. The minimum absolute atomic E-state index is 0.157. The van der Waals surface area contributed by atoms with Crippen molar-refractivity contribution < 1.29 is 22.7 Å². The van der Waals surface area contributed by atoms with Gasteiger partial charge < -0.3 is 4.74 Å². The molecule has 0 spiro atoms. The van der Waals surface area contributed by atoms with Gasteiger partial charge in [-0.25, -0.2) is 14.5 Å². The molecule has 0 aliphatic heterocycles. The third-order valence-corrected chi connectivity index (χ3v) is 2.67. The fourth-order valence-electron chi connectivity index (χ4n) is 1.75. The molecule has 112 valence electrons. The van der Waals surface area contributed by atoms with E-state index in [1.807, 2.05) is 0 Å². The van der Waals surface area contributed by atoms with Gasteiger partial charge in [-0.1, -0.05) is 12.1 Å². The number of hydrogen-bond donors (Lipinski definition) is 0. The van der Waals surface area contributed by atoms with Crippen LogP contribution in [-0.2, 0) is 18.0 Å². The van der Waals surface area contributed by atoms with Crippen LogP contribution in [0.25, 0.3) is 11.4 Å². The van der Waals surface area contributed by atoms with Gasteiger partial charge in [-0.2, -0.15) is 13.2 Å². The van der Waals surface area contributed by atoms with E-state index in [2.05, 4.69) is 10.1 Å². The molecule has 0 saturated heterocycles. The van der Waals surface area contributed by atoms with E-state index >= 15 is 0 Å². The van der Waals surface area contributed by atoms with Crippen molar-refractivity contribution in [3.05, 3.63) is 35.7 Å². The molecule has 0 atom stereocenters. The second-order valence-corrected chi connectivity index (χ2v) is 4.18. The minimum atomic E-state index is -4.45. The van der Waals surface area contributed by atoms with Crippen LogP contribution >= 0.6 is 0 Å². The summed E-state index contributed by atoms with van der Waals surface area (Å²) in [5, 5.41) is 3.85. The van der Waals surface area contributed by atoms with Gasteiger partial charge in [-0.3, -0.25) is 0 Å². The topological polar surface area (TPSA) is 57.0 Å². The molecule has 2 aromatic rings. The van der Waals surface area contributed by atoms with Crippen molar-refractivity contribution >= 4 is 5.97 Å².